The van der Waals surface area contributed by atoms with E-state index in [2.05, 4.69) is 50.5 Å². The molecule has 0 aromatic heterocycles. The summed E-state index contributed by atoms with van der Waals surface area (Å²) in [6.07, 6.45) is 1.56. The summed E-state index contributed by atoms with van der Waals surface area (Å²) in [6.45, 7) is 12.0. The van der Waals surface area contributed by atoms with E-state index in [0.29, 0.717) is 17.9 Å². The first kappa shape index (κ1) is 14.4. The highest BCUT2D eigenvalue weighted by Gasteiger charge is 2.14. The van der Waals surface area contributed by atoms with Crippen LogP contribution in [0.15, 0.2) is 0 Å². The maximum Gasteiger partial charge on any atom is 0.0549 e. The highest BCUT2D eigenvalue weighted by atomic mass is 79.9. The predicted octanol–water partition coefficient (Wildman–Crippen LogP) is 4.10. The van der Waals surface area contributed by atoms with Gasteiger partial charge in [-0.3, -0.25) is 0 Å². The van der Waals surface area contributed by atoms with Gasteiger partial charge in [-0.2, -0.15) is 0 Å². The summed E-state index contributed by atoms with van der Waals surface area (Å²) in [5.41, 5.74) is 0. The fraction of sp³-hybridized carbons (Fsp3) is 1.00. The molecule has 0 aromatic rings. The fourth-order valence-electron chi connectivity index (χ4n) is 1.43. The molecule has 2 heteroatoms. The fourth-order valence-corrected chi connectivity index (χ4v) is 2.37. The highest BCUT2D eigenvalue weighted by Crippen LogP contribution is 2.16. The Bertz CT molecular complexity index is 134. The third-order valence-corrected chi connectivity index (χ3v) is 3.37. The molecular formula is C12H25BrO. The van der Waals surface area contributed by atoms with Crippen LogP contribution in [0.1, 0.15) is 41.0 Å². The van der Waals surface area contributed by atoms with E-state index in [0.717, 1.165) is 24.3 Å². The smallest absolute Gasteiger partial charge is 0.0549 e. The van der Waals surface area contributed by atoms with Crippen LogP contribution in [0, 0.1) is 17.8 Å². The minimum absolute atomic E-state index is 0.398. The van der Waals surface area contributed by atoms with Crippen molar-refractivity contribution in [1.29, 1.82) is 0 Å². The van der Waals surface area contributed by atoms with Crippen molar-refractivity contribution in [3.8, 4) is 0 Å². The monoisotopic (exact) mass is 264 g/mol. The van der Waals surface area contributed by atoms with Crippen LogP contribution >= 0.6 is 15.9 Å². The van der Waals surface area contributed by atoms with E-state index in [4.69, 9.17) is 4.74 Å². The molecule has 0 heterocycles. The molecule has 1 nitrogen and oxygen atoms in total. The van der Waals surface area contributed by atoms with Gasteiger partial charge in [0.2, 0.25) is 0 Å². The van der Waals surface area contributed by atoms with Crippen LogP contribution in [-0.2, 0) is 4.74 Å². The molecule has 0 amide bonds. The third-order valence-electron chi connectivity index (χ3n) is 2.54. The Morgan fingerprint density at radius 3 is 2.00 bits per heavy atom. The van der Waals surface area contributed by atoms with Gasteiger partial charge in [-0.1, -0.05) is 43.6 Å². The molecule has 0 spiro atoms. The predicted molar refractivity (Wildman–Crippen MR) is 67.0 cm³/mol. The lowest BCUT2D eigenvalue weighted by molar-refractivity contribution is 0.0241. The number of hydrogen-bond acceptors (Lipinski definition) is 1. The quantitative estimate of drug-likeness (QED) is 0.629. The third kappa shape index (κ3) is 6.83. The second-order valence-corrected chi connectivity index (χ2v) is 5.58. The van der Waals surface area contributed by atoms with Crippen molar-refractivity contribution in [2.45, 2.75) is 47.1 Å². The van der Waals surface area contributed by atoms with E-state index < -0.39 is 0 Å². The van der Waals surface area contributed by atoms with E-state index in [-0.39, 0.29) is 0 Å². The standard InChI is InChI=1S/C12H25BrO/c1-9(2)6-11(5)14-8-12(7-13)10(3)4/h9-12H,6-8H2,1-5H3. The molecule has 0 N–H and O–H groups in total. The average molecular weight is 265 g/mol. The average Bonchev–Trinajstić information content (AvgIpc) is 2.03. The zero-order valence-corrected chi connectivity index (χ0v) is 11.8. The van der Waals surface area contributed by atoms with Gasteiger partial charge in [0.1, 0.15) is 0 Å². The zero-order valence-electron chi connectivity index (χ0n) is 10.2. The summed E-state index contributed by atoms with van der Waals surface area (Å²) < 4.78 is 5.84. The van der Waals surface area contributed by atoms with Crippen molar-refractivity contribution in [1.82, 2.24) is 0 Å². The SMILES string of the molecule is CC(C)CC(C)OCC(CBr)C(C)C. The van der Waals surface area contributed by atoms with E-state index in [1.165, 1.54) is 0 Å². The van der Waals surface area contributed by atoms with Gasteiger partial charge in [0.05, 0.1) is 12.7 Å². The Balaban J connectivity index is 3.68. The lowest BCUT2D eigenvalue weighted by atomic mass is 9.99. The number of halogens is 1. The van der Waals surface area contributed by atoms with E-state index in [1.54, 1.807) is 0 Å². The van der Waals surface area contributed by atoms with Gasteiger partial charge in [-0.15, -0.1) is 0 Å². The molecule has 0 fully saturated rings. The van der Waals surface area contributed by atoms with Crippen molar-refractivity contribution in [3.05, 3.63) is 0 Å². The number of rotatable bonds is 7. The molecule has 0 aliphatic rings. The first-order valence-electron chi connectivity index (χ1n) is 5.64. The minimum Gasteiger partial charge on any atom is -0.378 e. The number of ether oxygens (including phenoxy) is 1. The van der Waals surface area contributed by atoms with Crippen LogP contribution in [0.4, 0.5) is 0 Å². The second kappa shape index (κ2) is 7.70. The summed E-state index contributed by atoms with van der Waals surface area (Å²) >= 11 is 3.54. The zero-order chi connectivity index (χ0) is 11.1. The second-order valence-electron chi connectivity index (χ2n) is 4.93. The van der Waals surface area contributed by atoms with Gasteiger partial charge in [0, 0.05) is 5.33 Å². The maximum absolute atomic E-state index is 5.84. The van der Waals surface area contributed by atoms with Gasteiger partial charge in [0.15, 0.2) is 0 Å². The van der Waals surface area contributed by atoms with Crippen molar-refractivity contribution in [3.63, 3.8) is 0 Å². The van der Waals surface area contributed by atoms with E-state index in [9.17, 15) is 0 Å². The normalized spacial score (nSPS) is 16.3. The van der Waals surface area contributed by atoms with Crippen LogP contribution in [0.5, 0.6) is 0 Å². The Kier molecular flexibility index (Phi) is 7.94. The molecule has 14 heavy (non-hydrogen) atoms. The molecule has 86 valence electrons. The lowest BCUT2D eigenvalue weighted by Crippen LogP contribution is -2.21. The first-order chi connectivity index (χ1) is 6.47. The Morgan fingerprint density at radius 2 is 1.64 bits per heavy atom. The maximum atomic E-state index is 5.84. The number of alkyl halides is 1. The Labute approximate surface area is 97.7 Å². The van der Waals surface area contributed by atoms with Gasteiger partial charge in [0.25, 0.3) is 0 Å². The molecular weight excluding hydrogens is 240 g/mol. The molecule has 2 atom stereocenters. The topological polar surface area (TPSA) is 9.23 Å². The largest absolute Gasteiger partial charge is 0.378 e. The molecule has 0 aromatic carbocycles. The first-order valence-corrected chi connectivity index (χ1v) is 6.77. The van der Waals surface area contributed by atoms with Crippen LogP contribution in [0.3, 0.4) is 0 Å². The van der Waals surface area contributed by atoms with Crippen LogP contribution in [0.2, 0.25) is 0 Å². The molecule has 0 saturated carbocycles. The molecule has 0 radical (unpaired) electrons. The van der Waals surface area contributed by atoms with Gasteiger partial charge < -0.3 is 4.74 Å². The van der Waals surface area contributed by atoms with Gasteiger partial charge >= 0.3 is 0 Å². The summed E-state index contributed by atoms with van der Waals surface area (Å²) in [4.78, 5) is 0. The molecule has 0 aliphatic carbocycles. The molecule has 0 rings (SSSR count). The minimum atomic E-state index is 0.398. The molecule has 2 unspecified atom stereocenters. The summed E-state index contributed by atoms with van der Waals surface area (Å²) in [5.74, 6) is 2.07. The van der Waals surface area contributed by atoms with Gasteiger partial charge in [-0.25, -0.2) is 0 Å². The van der Waals surface area contributed by atoms with E-state index >= 15 is 0 Å². The molecule has 0 aliphatic heterocycles. The Hall–Kier alpha value is 0.440. The van der Waals surface area contributed by atoms with Crippen molar-refractivity contribution < 1.29 is 4.74 Å². The highest BCUT2D eigenvalue weighted by molar-refractivity contribution is 9.09. The van der Waals surface area contributed by atoms with Crippen molar-refractivity contribution in [2.24, 2.45) is 17.8 Å². The Morgan fingerprint density at radius 1 is 1.07 bits per heavy atom. The summed E-state index contributed by atoms with van der Waals surface area (Å²) in [6, 6.07) is 0. The van der Waals surface area contributed by atoms with Crippen LogP contribution in [-0.4, -0.2) is 18.0 Å². The van der Waals surface area contributed by atoms with Crippen molar-refractivity contribution >= 4 is 15.9 Å². The molecule has 0 bridgehead atoms. The summed E-state index contributed by atoms with van der Waals surface area (Å²) in [7, 11) is 0. The van der Waals surface area contributed by atoms with Crippen LogP contribution in [0.25, 0.3) is 0 Å². The lowest BCUT2D eigenvalue weighted by Gasteiger charge is -2.22. The van der Waals surface area contributed by atoms with E-state index in [1.807, 2.05) is 0 Å². The van der Waals surface area contributed by atoms with Crippen molar-refractivity contribution in [2.75, 3.05) is 11.9 Å². The summed E-state index contributed by atoms with van der Waals surface area (Å²) in [5, 5.41) is 1.04. The van der Waals surface area contributed by atoms with Crippen LogP contribution < -0.4 is 0 Å². The number of hydrogen-bond donors (Lipinski definition) is 0. The van der Waals surface area contributed by atoms with Gasteiger partial charge in [-0.05, 0) is 31.1 Å². The molecule has 0 saturated heterocycles.